The molecule has 98 valence electrons. The zero-order valence-electron chi connectivity index (χ0n) is 10.2. The largest absolute Gasteiger partial charge is 0.490 e. The summed E-state index contributed by atoms with van der Waals surface area (Å²) in [5, 5.41) is 0. The van der Waals surface area contributed by atoms with Gasteiger partial charge in [0.1, 0.15) is 18.2 Å². The third-order valence-corrected chi connectivity index (χ3v) is 3.97. The zero-order valence-corrected chi connectivity index (χ0v) is 11.0. The Morgan fingerprint density at radius 3 is 2.74 bits per heavy atom. The molecule has 0 saturated carbocycles. The highest BCUT2D eigenvalue weighted by molar-refractivity contribution is 8.00. The Hall–Kier alpha value is -1.88. The summed E-state index contributed by atoms with van der Waals surface area (Å²) in [5.74, 6) is 0.605. The highest BCUT2D eigenvalue weighted by atomic mass is 32.2. The average Bonchev–Trinajstić information content (AvgIpc) is 2.61. The van der Waals surface area contributed by atoms with Gasteiger partial charge in [-0.25, -0.2) is 4.39 Å². The Labute approximate surface area is 115 Å². The smallest absolute Gasteiger partial charge is 0.134 e. The molecular formula is C14H13FN2OS. The van der Waals surface area contributed by atoms with Gasteiger partial charge in [-0.2, -0.15) is 0 Å². The van der Waals surface area contributed by atoms with E-state index in [0.717, 1.165) is 22.9 Å². The molecule has 0 fully saturated rings. The lowest BCUT2D eigenvalue weighted by molar-refractivity contribution is 0.325. The van der Waals surface area contributed by atoms with Crippen molar-refractivity contribution < 1.29 is 9.13 Å². The molecule has 0 aromatic heterocycles. The van der Waals surface area contributed by atoms with Gasteiger partial charge in [0.2, 0.25) is 0 Å². The summed E-state index contributed by atoms with van der Waals surface area (Å²) < 4.78 is 20.7. The first-order chi connectivity index (χ1) is 9.22. The van der Waals surface area contributed by atoms with Crippen LogP contribution in [0.3, 0.4) is 0 Å². The van der Waals surface area contributed by atoms with Gasteiger partial charge in [-0.3, -0.25) is 0 Å². The molecule has 3 rings (SSSR count). The van der Waals surface area contributed by atoms with Crippen LogP contribution in [0.25, 0.3) is 0 Å². The predicted octanol–water partition coefficient (Wildman–Crippen LogP) is 3.31. The summed E-state index contributed by atoms with van der Waals surface area (Å²) >= 11 is 1.56. The molecule has 1 aliphatic heterocycles. The molecule has 19 heavy (non-hydrogen) atoms. The first-order valence-electron chi connectivity index (χ1n) is 5.96. The molecule has 2 N–H and O–H groups in total. The number of hydrogen-bond donors (Lipinski definition) is 1. The number of rotatable bonds is 1. The number of nitrogen functional groups attached to an aromatic ring is 1. The first kappa shape index (κ1) is 12.2. The molecule has 2 aromatic carbocycles. The van der Waals surface area contributed by atoms with Gasteiger partial charge in [0, 0.05) is 11.4 Å². The van der Waals surface area contributed by atoms with E-state index >= 15 is 0 Å². The molecule has 0 radical (unpaired) electrons. The minimum atomic E-state index is -0.232. The van der Waals surface area contributed by atoms with E-state index in [2.05, 4.69) is 4.31 Å². The fourth-order valence-corrected chi connectivity index (χ4v) is 2.94. The Morgan fingerprint density at radius 1 is 1.16 bits per heavy atom. The summed E-state index contributed by atoms with van der Waals surface area (Å²) in [6.07, 6.45) is 0. The normalized spacial score (nSPS) is 14.5. The molecule has 0 aliphatic carbocycles. The molecule has 2 aromatic rings. The maximum absolute atomic E-state index is 13.0. The fourth-order valence-electron chi connectivity index (χ4n) is 1.91. The van der Waals surface area contributed by atoms with E-state index in [-0.39, 0.29) is 5.82 Å². The van der Waals surface area contributed by atoms with Crippen LogP contribution >= 0.6 is 11.9 Å². The van der Waals surface area contributed by atoms with Gasteiger partial charge in [0.25, 0.3) is 0 Å². The molecule has 0 amide bonds. The quantitative estimate of drug-likeness (QED) is 0.640. The molecule has 1 aliphatic rings. The topological polar surface area (TPSA) is 38.5 Å². The number of halogens is 1. The third kappa shape index (κ3) is 2.61. The van der Waals surface area contributed by atoms with Crippen LogP contribution in [0.15, 0.2) is 47.4 Å². The van der Waals surface area contributed by atoms with Gasteiger partial charge in [0.05, 0.1) is 11.4 Å². The van der Waals surface area contributed by atoms with E-state index in [0.29, 0.717) is 12.3 Å². The average molecular weight is 276 g/mol. The highest BCUT2D eigenvalue weighted by Crippen LogP contribution is 2.38. The van der Waals surface area contributed by atoms with E-state index in [1.165, 1.54) is 12.1 Å². The molecule has 5 heteroatoms. The van der Waals surface area contributed by atoms with Crippen LogP contribution in [0.2, 0.25) is 0 Å². The van der Waals surface area contributed by atoms with Crippen LogP contribution in [0, 0.1) is 5.82 Å². The van der Waals surface area contributed by atoms with Gasteiger partial charge in [0.15, 0.2) is 0 Å². The van der Waals surface area contributed by atoms with Crippen molar-refractivity contribution in [2.24, 2.45) is 0 Å². The standard InChI is InChI=1S/C14H13FN2OS/c15-10-1-4-12(5-2-10)17-7-8-18-13-6-3-11(16)9-14(13)19-17/h1-6,9H,7-8,16H2. The summed E-state index contributed by atoms with van der Waals surface area (Å²) in [6, 6.07) is 12.0. The predicted molar refractivity (Wildman–Crippen MR) is 76.0 cm³/mol. The van der Waals surface area contributed by atoms with Gasteiger partial charge >= 0.3 is 0 Å². The lowest BCUT2D eigenvalue weighted by Gasteiger charge is -2.20. The minimum absolute atomic E-state index is 0.232. The molecule has 0 saturated heterocycles. The molecule has 0 bridgehead atoms. The van der Waals surface area contributed by atoms with Crippen molar-refractivity contribution in [3.63, 3.8) is 0 Å². The summed E-state index contributed by atoms with van der Waals surface area (Å²) in [7, 11) is 0. The maximum atomic E-state index is 13.0. The number of benzene rings is 2. The number of hydrogen-bond acceptors (Lipinski definition) is 4. The van der Waals surface area contributed by atoms with Crippen molar-refractivity contribution in [3.05, 3.63) is 48.3 Å². The first-order valence-corrected chi connectivity index (χ1v) is 6.73. The Bertz CT molecular complexity index is 588. The molecule has 3 nitrogen and oxygen atoms in total. The molecule has 0 spiro atoms. The van der Waals surface area contributed by atoms with E-state index in [1.54, 1.807) is 24.1 Å². The lowest BCUT2D eigenvalue weighted by Crippen LogP contribution is -2.18. The van der Waals surface area contributed by atoms with Crippen LogP contribution in [-0.2, 0) is 0 Å². The van der Waals surface area contributed by atoms with Gasteiger partial charge < -0.3 is 14.8 Å². The van der Waals surface area contributed by atoms with Crippen molar-refractivity contribution in [1.82, 2.24) is 0 Å². The van der Waals surface area contributed by atoms with E-state index in [9.17, 15) is 4.39 Å². The zero-order chi connectivity index (χ0) is 13.2. The van der Waals surface area contributed by atoms with Crippen LogP contribution in [0.4, 0.5) is 15.8 Å². The monoisotopic (exact) mass is 276 g/mol. The second-order valence-corrected chi connectivity index (χ2v) is 5.29. The Morgan fingerprint density at radius 2 is 1.95 bits per heavy atom. The lowest BCUT2D eigenvalue weighted by atomic mass is 10.3. The number of fused-ring (bicyclic) bond motifs is 1. The molecular weight excluding hydrogens is 263 g/mol. The van der Waals surface area contributed by atoms with E-state index in [4.69, 9.17) is 10.5 Å². The number of nitrogens with two attached hydrogens (primary N) is 1. The summed E-state index contributed by atoms with van der Waals surface area (Å²) in [5.41, 5.74) is 7.45. The SMILES string of the molecule is Nc1ccc2c(c1)SN(c1ccc(F)cc1)CCO2. The second-order valence-electron chi connectivity index (χ2n) is 4.22. The third-order valence-electron chi connectivity index (χ3n) is 2.84. The highest BCUT2D eigenvalue weighted by Gasteiger charge is 2.17. The number of anilines is 2. The van der Waals surface area contributed by atoms with Crippen molar-refractivity contribution in [1.29, 1.82) is 0 Å². The second kappa shape index (κ2) is 5.01. The van der Waals surface area contributed by atoms with Crippen LogP contribution in [0.5, 0.6) is 5.75 Å². The number of nitrogens with zero attached hydrogens (tertiary/aromatic N) is 1. The number of ether oxygens (including phenoxy) is 1. The van der Waals surface area contributed by atoms with Crippen LogP contribution in [-0.4, -0.2) is 13.2 Å². The molecule has 0 unspecified atom stereocenters. The maximum Gasteiger partial charge on any atom is 0.134 e. The van der Waals surface area contributed by atoms with Crippen molar-refractivity contribution in [2.75, 3.05) is 23.2 Å². The minimum Gasteiger partial charge on any atom is -0.490 e. The fraction of sp³-hybridized carbons (Fsp3) is 0.143. The van der Waals surface area contributed by atoms with Crippen molar-refractivity contribution >= 4 is 23.3 Å². The molecule has 0 atom stereocenters. The van der Waals surface area contributed by atoms with Gasteiger partial charge in [-0.05, 0) is 54.4 Å². The Balaban J connectivity index is 1.91. The van der Waals surface area contributed by atoms with Crippen molar-refractivity contribution in [3.8, 4) is 5.75 Å². The van der Waals surface area contributed by atoms with Gasteiger partial charge in [-0.1, -0.05) is 0 Å². The van der Waals surface area contributed by atoms with E-state index < -0.39 is 0 Å². The van der Waals surface area contributed by atoms with Crippen molar-refractivity contribution in [2.45, 2.75) is 4.90 Å². The Kier molecular flexibility index (Phi) is 3.21. The van der Waals surface area contributed by atoms with Crippen LogP contribution < -0.4 is 14.8 Å². The summed E-state index contributed by atoms with van der Waals surface area (Å²) in [4.78, 5) is 0.974. The molecule has 1 heterocycles. The van der Waals surface area contributed by atoms with Crippen LogP contribution in [0.1, 0.15) is 0 Å². The van der Waals surface area contributed by atoms with E-state index in [1.807, 2.05) is 18.2 Å². The summed E-state index contributed by atoms with van der Waals surface area (Å²) in [6.45, 7) is 1.31. The van der Waals surface area contributed by atoms with Gasteiger partial charge in [-0.15, -0.1) is 0 Å².